The molecule has 0 radical (unpaired) electrons. The fourth-order valence-electron chi connectivity index (χ4n) is 3.44. The van der Waals surface area contributed by atoms with Crippen LogP contribution in [0.25, 0.3) is 16.7 Å². The zero-order chi connectivity index (χ0) is 18.1. The van der Waals surface area contributed by atoms with E-state index in [0.717, 1.165) is 39.0 Å². The first kappa shape index (κ1) is 15.9. The molecule has 3 nitrogen and oxygen atoms in total. The number of aliphatic carboxylic acids is 1. The van der Waals surface area contributed by atoms with Gasteiger partial charge in [-0.2, -0.15) is 0 Å². The van der Waals surface area contributed by atoms with Crippen molar-refractivity contribution in [3.05, 3.63) is 107 Å². The highest BCUT2D eigenvalue weighted by molar-refractivity contribution is 6.02. The summed E-state index contributed by atoms with van der Waals surface area (Å²) in [6.45, 7) is 0. The maximum Gasteiger partial charge on any atom is 0.307 e. The third kappa shape index (κ3) is 2.71. The Bertz CT molecular complexity index is 1080. The van der Waals surface area contributed by atoms with Crippen molar-refractivity contribution in [2.75, 3.05) is 0 Å². The van der Waals surface area contributed by atoms with E-state index in [-0.39, 0.29) is 6.42 Å². The molecule has 0 heterocycles. The minimum Gasteiger partial charge on any atom is -0.481 e. The number of carboxylic acids is 1. The van der Waals surface area contributed by atoms with Crippen molar-refractivity contribution < 1.29 is 9.90 Å². The molecular formula is C23H17NO2. The van der Waals surface area contributed by atoms with Gasteiger partial charge in [0.1, 0.15) is 0 Å². The summed E-state index contributed by atoms with van der Waals surface area (Å²) in [5.41, 5.74) is 16.8. The second-order valence-electron chi connectivity index (χ2n) is 6.24. The van der Waals surface area contributed by atoms with Crippen LogP contribution in [0.4, 0.5) is 0 Å². The van der Waals surface area contributed by atoms with Gasteiger partial charge in [-0.15, -0.1) is 5.73 Å². The molecule has 0 saturated carbocycles. The molecule has 0 aliphatic heterocycles. The molecule has 0 fully saturated rings. The maximum absolute atomic E-state index is 11.4. The van der Waals surface area contributed by atoms with Crippen LogP contribution in [0.5, 0.6) is 0 Å². The van der Waals surface area contributed by atoms with Gasteiger partial charge in [0.25, 0.3) is 0 Å². The smallest absolute Gasteiger partial charge is 0.307 e. The van der Waals surface area contributed by atoms with Crippen LogP contribution in [-0.2, 0) is 11.2 Å². The molecule has 2 aliphatic carbocycles. The third-order valence-corrected chi connectivity index (χ3v) is 4.56. The van der Waals surface area contributed by atoms with E-state index < -0.39 is 5.97 Å². The molecule has 3 N–H and O–H groups in total. The Morgan fingerprint density at radius 1 is 0.962 bits per heavy atom. The van der Waals surface area contributed by atoms with Crippen LogP contribution in [0, 0.1) is 0 Å². The molecule has 0 saturated heterocycles. The summed E-state index contributed by atoms with van der Waals surface area (Å²) in [5.74, 6) is -0.848. The summed E-state index contributed by atoms with van der Waals surface area (Å²) in [5, 5.41) is 9.32. The van der Waals surface area contributed by atoms with Gasteiger partial charge in [0.15, 0.2) is 0 Å². The van der Waals surface area contributed by atoms with Gasteiger partial charge in [-0.05, 0) is 34.4 Å². The number of allylic oxidation sites excluding steroid dienone is 5. The van der Waals surface area contributed by atoms with Gasteiger partial charge in [-0.1, -0.05) is 60.7 Å². The Labute approximate surface area is 151 Å². The lowest BCUT2D eigenvalue weighted by molar-refractivity contribution is -0.136. The Morgan fingerprint density at radius 3 is 2.54 bits per heavy atom. The van der Waals surface area contributed by atoms with Gasteiger partial charge < -0.3 is 10.8 Å². The molecule has 2 aliphatic rings. The van der Waals surface area contributed by atoms with Gasteiger partial charge >= 0.3 is 5.97 Å². The van der Waals surface area contributed by atoms with Crippen molar-refractivity contribution in [3.8, 4) is 11.1 Å². The number of fused-ring (bicyclic) bond motifs is 3. The highest BCUT2D eigenvalue weighted by Gasteiger charge is 2.26. The van der Waals surface area contributed by atoms with Gasteiger partial charge in [-0.3, -0.25) is 4.79 Å². The average molecular weight is 339 g/mol. The molecular weight excluding hydrogens is 322 g/mol. The monoisotopic (exact) mass is 339 g/mol. The molecule has 0 bridgehead atoms. The molecule has 126 valence electrons. The van der Waals surface area contributed by atoms with Crippen LogP contribution in [0.2, 0.25) is 0 Å². The van der Waals surface area contributed by atoms with Gasteiger partial charge in [0.05, 0.1) is 6.42 Å². The lowest BCUT2D eigenvalue weighted by atomic mass is 9.96. The molecule has 0 unspecified atom stereocenters. The standard InChI is InChI=1S/C23H17NO2/c24-21-12-3-1-2-7-15(21)13-20-18-10-5-4-9-17(18)19-11-6-8-16(23(19)20)14-22(25)26/h1-12H,14,24H2,(H,25,26). The van der Waals surface area contributed by atoms with Crippen molar-refractivity contribution in [1.82, 2.24) is 0 Å². The second kappa shape index (κ2) is 6.40. The number of carboxylic acid groups (broad SMARTS) is 1. The normalized spacial score (nSPS) is 14.4. The van der Waals surface area contributed by atoms with Crippen molar-refractivity contribution in [2.45, 2.75) is 6.42 Å². The summed E-state index contributed by atoms with van der Waals surface area (Å²) in [4.78, 5) is 11.4. The predicted molar refractivity (Wildman–Crippen MR) is 103 cm³/mol. The molecule has 2 aromatic carbocycles. The molecule has 0 amide bonds. The Hall–Kier alpha value is -3.55. The fourth-order valence-corrected chi connectivity index (χ4v) is 3.44. The lowest BCUT2D eigenvalue weighted by Gasteiger charge is -2.08. The van der Waals surface area contributed by atoms with E-state index >= 15 is 0 Å². The number of nitrogens with two attached hydrogens (primary N) is 1. The Balaban J connectivity index is 2.06. The second-order valence-corrected chi connectivity index (χ2v) is 6.24. The van der Waals surface area contributed by atoms with Crippen molar-refractivity contribution in [3.63, 3.8) is 0 Å². The summed E-state index contributed by atoms with van der Waals surface area (Å²) < 4.78 is 0. The third-order valence-electron chi connectivity index (χ3n) is 4.56. The first-order valence-electron chi connectivity index (χ1n) is 8.41. The van der Waals surface area contributed by atoms with Crippen LogP contribution < -0.4 is 5.73 Å². The van der Waals surface area contributed by atoms with E-state index in [9.17, 15) is 9.90 Å². The quantitative estimate of drug-likeness (QED) is 0.687. The van der Waals surface area contributed by atoms with Gasteiger partial charge in [-0.25, -0.2) is 0 Å². The van der Waals surface area contributed by atoms with Gasteiger partial charge in [0, 0.05) is 22.4 Å². The first-order valence-corrected chi connectivity index (χ1v) is 8.41. The predicted octanol–water partition coefficient (Wildman–Crippen LogP) is 4.22. The van der Waals surface area contributed by atoms with Gasteiger partial charge in [0.2, 0.25) is 0 Å². The number of benzene rings is 2. The zero-order valence-electron chi connectivity index (χ0n) is 14.1. The van der Waals surface area contributed by atoms with E-state index in [2.05, 4.69) is 11.8 Å². The summed E-state index contributed by atoms with van der Waals surface area (Å²) >= 11 is 0. The van der Waals surface area contributed by atoms with Crippen LogP contribution in [0.1, 0.15) is 16.7 Å². The number of carbonyl (C=O) groups is 1. The molecule has 2 aromatic rings. The molecule has 0 spiro atoms. The van der Waals surface area contributed by atoms with Crippen LogP contribution in [0.3, 0.4) is 0 Å². The fraction of sp³-hybridized carbons (Fsp3) is 0.0435. The zero-order valence-corrected chi connectivity index (χ0v) is 14.1. The topological polar surface area (TPSA) is 63.3 Å². The molecule has 4 rings (SSSR count). The molecule has 0 aromatic heterocycles. The SMILES string of the molecule is NC1=CC=CC=CC1=C=C1c2ccccc2-c2cccc(CC(=O)O)c21. The van der Waals surface area contributed by atoms with E-state index in [1.807, 2.05) is 66.8 Å². The summed E-state index contributed by atoms with van der Waals surface area (Å²) in [7, 11) is 0. The van der Waals surface area contributed by atoms with E-state index in [1.165, 1.54) is 0 Å². The van der Waals surface area contributed by atoms with Crippen LogP contribution in [0.15, 0.2) is 89.8 Å². The van der Waals surface area contributed by atoms with Crippen molar-refractivity contribution in [2.24, 2.45) is 5.73 Å². The lowest BCUT2D eigenvalue weighted by Crippen LogP contribution is -2.03. The van der Waals surface area contributed by atoms with E-state index in [0.29, 0.717) is 5.70 Å². The minimum atomic E-state index is -0.848. The van der Waals surface area contributed by atoms with Crippen LogP contribution in [-0.4, -0.2) is 11.1 Å². The molecule has 26 heavy (non-hydrogen) atoms. The largest absolute Gasteiger partial charge is 0.481 e. The number of hydrogen-bond acceptors (Lipinski definition) is 2. The van der Waals surface area contributed by atoms with Crippen molar-refractivity contribution in [1.29, 1.82) is 0 Å². The number of hydrogen-bond donors (Lipinski definition) is 2. The number of rotatable bonds is 2. The molecule has 3 heteroatoms. The highest BCUT2D eigenvalue weighted by Crippen LogP contribution is 2.45. The van der Waals surface area contributed by atoms with E-state index in [4.69, 9.17) is 5.73 Å². The average Bonchev–Trinajstić information content (AvgIpc) is 2.80. The maximum atomic E-state index is 11.4. The summed E-state index contributed by atoms with van der Waals surface area (Å²) in [6.07, 6.45) is 9.46. The van der Waals surface area contributed by atoms with Crippen LogP contribution >= 0.6 is 0 Å². The Kier molecular flexibility index (Phi) is 3.92. The highest BCUT2D eigenvalue weighted by atomic mass is 16.4. The summed E-state index contributed by atoms with van der Waals surface area (Å²) in [6, 6.07) is 13.9. The first-order chi connectivity index (χ1) is 12.6. The minimum absolute atomic E-state index is 0.0274. The molecule has 0 atom stereocenters. The Morgan fingerprint density at radius 2 is 1.73 bits per heavy atom. The van der Waals surface area contributed by atoms with E-state index in [1.54, 1.807) is 0 Å². The van der Waals surface area contributed by atoms with Crippen molar-refractivity contribution >= 4 is 11.5 Å².